The van der Waals surface area contributed by atoms with Crippen LogP contribution >= 0.6 is 0 Å². The number of hydrogen-bond acceptors (Lipinski definition) is 3. The lowest BCUT2D eigenvalue weighted by Gasteiger charge is -2.37. The van der Waals surface area contributed by atoms with Gasteiger partial charge < -0.3 is 15.2 Å². The van der Waals surface area contributed by atoms with Crippen molar-refractivity contribution in [1.82, 2.24) is 5.32 Å². The number of carbonyl (C=O) groups is 1. The van der Waals surface area contributed by atoms with Crippen molar-refractivity contribution in [3.8, 4) is 5.75 Å². The van der Waals surface area contributed by atoms with Gasteiger partial charge in [-0.15, -0.1) is 0 Å². The Labute approximate surface area is 174 Å². The van der Waals surface area contributed by atoms with Crippen LogP contribution in [0.25, 0.3) is 5.57 Å². The Balaban J connectivity index is 1.29. The average Bonchev–Trinajstić information content (AvgIpc) is 3.19. The number of ether oxygens (including phenoxy) is 1. The van der Waals surface area contributed by atoms with Crippen LogP contribution in [0.5, 0.6) is 5.75 Å². The van der Waals surface area contributed by atoms with Crippen LogP contribution in [0.3, 0.4) is 0 Å². The molecule has 3 aliphatic rings. The van der Waals surface area contributed by atoms with Crippen molar-refractivity contribution in [2.75, 3.05) is 6.54 Å². The molecule has 2 fully saturated rings. The predicted octanol–water partition coefficient (Wildman–Crippen LogP) is 5.57. The SMILES string of the molecule is O=C(O)CCCC1C=C(c2ccc(OC3CCC4(CCCC4)CC3)cc2)CCN1. The second-order valence-corrected chi connectivity index (χ2v) is 9.34. The predicted molar refractivity (Wildman–Crippen MR) is 116 cm³/mol. The maximum Gasteiger partial charge on any atom is 0.303 e. The molecule has 1 unspecified atom stereocenters. The van der Waals surface area contributed by atoms with E-state index in [1.807, 2.05) is 0 Å². The summed E-state index contributed by atoms with van der Waals surface area (Å²) in [5.41, 5.74) is 3.28. The summed E-state index contributed by atoms with van der Waals surface area (Å²) in [6.07, 6.45) is 16.4. The summed E-state index contributed by atoms with van der Waals surface area (Å²) in [6, 6.07) is 8.89. The molecule has 4 heteroatoms. The second kappa shape index (κ2) is 9.34. The summed E-state index contributed by atoms with van der Waals surface area (Å²) >= 11 is 0. The van der Waals surface area contributed by atoms with Gasteiger partial charge in [0.05, 0.1) is 6.10 Å². The minimum Gasteiger partial charge on any atom is -0.490 e. The fourth-order valence-electron chi connectivity index (χ4n) is 5.56. The van der Waals surface area contributed by atoms with Crippen LogP contribution in [-0.4, -0.2) is 29.8 Å². The summed E-state index contributed by atoms with van der Waals surface area (Å²) in [7, 11) is 0. The second-order valence-electron chi connectivity index (χ2n) is 9.34. The molecule has 4 nitrogen and oxygen atoms in total. The van der Waals surface area contributed by atoms with Crippen molar-refractivity contribution in [3.63, 3.8) is 0 Å². The molecule has 2 N–H and O–H groups in total. The van der Waals surface area contributed by atoms with Gasteiger partial charge in [-0.1, -0.05) is 31.1 Å². The molecule has 1 aliphatic heterocycles. The highest BCUT2D eigenvalue weighted by atomic mass is 16.5. The standard InChI is InChI=1S/C25H35NO3/c27-24(28)5-3-4-21-18-20(12-17-26-21)19-6-8-22(9-7-19)29-23-10-15-25(16-11-23)13-1-2-14-25/h6-9,18,21,23,26H,1-5,10-17H2,(H,27,28). The quantitative estimate of drug-likeness (QED) is 0.632. The van der Waals surface area contributed by atoms with Gasteiger partial charge in [-0.25, -0.2) is 0 Å². The monoisotopic (exact) mass is 397 g/mol. The smallest absolute Gasteiger partial charge is 0.303 e. The lowest BCUT2D eigenvalue weighted by molar-refractivity contribution is -0.137. The lowest BCUT2D eigenvalue weighted by atomic mass is 9.72. The molecule has 0 aromatic heterocycles. The first-order valence-corrected chi connectivity index (χ1v) is 11.5. The number of aliphatic carboxylic acids is 1. The third-order valence-electron chi connectivity index (χ3n) is 7.29. The van der Waals surface area contributed by atoms with E-state index in [9.17, 15) is 4.79 Å². The van der Waals surface area contributed by atoms with Gasteiger partial charge in [0, 0.05) is 12.5 Å². The molecule has 158 valence electrons. The molecule has 2 aliphatic carbocycles. The summed E-state index contributed by atoms with van der Waals surface area (Å²) in [4.78, 5) is 10.7. The number of hydrogen-bond donors (Lipinski definition) is 2. The van der Waals surface area contributed by atoms with Gasteiger partial charge in [0.1, 0.15) is 5.75 Å². The van der Waals surface area contributed by atoms with Crippen LogP contribution in [0.2, 0.25) is 0 Å². The number of nitrogens with one attached hydrogen (secondary N) is 1. The van der Waals surface area contributed by atoms with E-state index >= 15 is 0 Å². The Morgan fingerprint density at radius 1 is 1.10 bits per heavy atom. The molecule has 4 rings (SSSR count). The molecule has 1 aromatic carbocycles. The maximum absolute atomic E-state index is 10.7. The maximum atomic E-state index is 10.7. The third-order valence-corrected chi connectivity index (χ3v) is 7.29. The van der Waals surface area contributed by atoms with Gasteiger partial charge in [0.25, 0.3) is 0 Å². The van der Waals surface area contributed by atoms with Gasteiger partial charge >= 0.3 is 5.97 Å². The zero-order chi connectivity index (χ0) is 20.1. The Hall–Kier alpha value is -1.81. The number of carboxylic acids is 1. The minimum absolute atomic E-state index is 0.246. The molecule has 0 amide bonds. The molecule has 29 heavy (non-hydrogen) atoms. The molecule has 2 saturated carbocycles. The highest BCUT2D eigenvalue weighted by Gasteiger charge is 2.38. The molecule has 0 bridgehead atoms. The highest BCUT2D eigenvalue weighted by molar-refractivity contribution is 5.68. The average molecular weight is 398 g/mol. The fourth-order valence-corrected chi connectivity index (χ4v) is 5.56. The molecule has 0 radical (unpaired) electrons. The number of carboxylic acid groups (broad SMARTS) is 1. The highest BCUT2D eigenvalue weighted by Crippen LogP contribution is 2.49. The van der Waals surface area contributed by atoms with Crippen molar-refractivity contribution in [3.05, 3.63) is 35.9 Å². The van der Waals surface area contributed by atoms with Crippen LogP contribution in [-0.2, 0) is 4.79 Å². The van der Waals surface area contributed by atoms with Crippen molar-refractivity contribution in [1.29, 1.82) is 0 Å². The zero-order valence-corrected chi connectivity index (χ0v) is 17.5. The van der Waals surface area contributed by atoms with E-state index in [1.54, 1.807) is 0 Å². The van der Waals surface area contributed by atoms with Gasteiger partial charge in [0.15, 0.2) is 0 Å². The van der Waals surface area contributed by atoms with Crippen molar-refractivity contribution >= 4 is 11.5 Å². The normalized spacial score (nSPS) is 24.4. The summed E-state index contributed by atoms with van der Waals surface area (Å²) in [6.45, 7) is 0.950. The van der Waals surface area contributed by atoms with Gasteiger partial charge in [-0.2, -0.15) is 0 Å². The largest absolute Gasteiger partial charge is 0.490 e. The Morgan fingerprint density at radius 2 is 1.83 bits per heavy atom. The molecule has 1 spiro atoms. The first kappa shape index (κ1) is 20.5. The fraction of sp³-hybridized carbons (Fsp3) is 0.640. The van der Waals surface area contributed by atoms with Gasteiger partial charge in [-0.05, 0) is 93.0 Å². The van der Waals surface area contributed by atoms with E-state index in [0.29, 0.717) is 17.9 Å². The van der Waals surface area contributed by atoms with Crippen LogP contribution in [0.1, 0.15) is 82.6 Å². The van der Waals surface area contributed by atoms with Crippen molar-refractivity contribution in [2.45, 2.75) is 89.2 Å². The molecule has 1 heterocycles. The lowest BCUT2D eigenvalue weighted by Crippen LogP contribution is -2.32. The van der Waals surface area contributed by atoms with Crippen molar-refractivity contribution < 1.29 is 14.6 Å². The zero-order valence-electron chi connectivity index (χ0n) is 17.5. The molecule has 1 aromatic rings. The third kappa shape index (κ3) is 5.42. The van der Waals surface area contributed by atoms with Crippen LogP contribution in [0.15, 0.2) is 30.3 Å². The van der Waals surface area contributed by atoms with Gasteiger partial charge in [0.2, 0.25) is 0 Å². The number of rotatable bonds is 7. The van der Waals surface area contributed by atoms with Crippen LogP contribution in [0, 0.1) is 5.41 Å². The van der Waals surface area contributed by atoms with E-state index < -0.39 is 5.97 Å². The first-order chi connectivity index (χ1) is 14.1. The number of benzene rings is 1. The van der Waals surface area contributed by atoms with E-state index in [-0.39, 0.29) is 12.5 Å². The van der Waals surface area contributed by atoms with E-state index in [1.165, 1.54) is 62.5 Å². The Kier molecular flexibility index (Phi) is 6.59. The molecular weight excluding hydrogens is 362 g/mol. The van der Waals surface area contributed by atoms with Crippen molar-refractivity contribution in [2.24, 2.45) is 5.41 Å². The Bertz CT molecular complexity index is 708. The summed E-state index contributed by atoms with van der Waals surface area (Å²) in [5, 5.41) is 12.3. The summed E-state index contributed by atoms with van der Waals surface area (Å²) in [5.74, 6) is 0.283. The van der Waals surface area contributed by atoms with Crippen LogP contribution < -0.4 is 10.1 Å². The summed E-state index contributed by atoms with van der Waals surface area (Å²) < 4.78 is 6.31. The van der Waals surface area contributed by atoms with E-state index in [0.717, 1.165) is 25.1 Å². The Morgan fingerprint density at radius 3 is 2.52 bits per heavy atom. The van der Waals surface area contributed by atoms with Crippen LogP contribution in [0.4, 0.5) is 0 Å². The minimum atomic E-state index is -0.711. The molecule has 1 atom stereocenters. The molecule has 0 saturated heterocycles. The molecular formula is C25H35NO3. The van der Waals surface area contributed by atoms with E-state index in [2.05, 4.69) is 35.7 Å². The topological polar surface area (TPSA) is 58.6 Å². The van der Waals surface area contributed by atoms with Gasteiger partial charge in [-0.3, -0.25) is 4.79 Å². The first-order valence-electron chi connectivity index (χ1n) is 11.5. The van der Waals surface area contributed by atoms with E-state index in [4.69, 9.17) is 9.84 Å².